The molecule has 0 unspecified atom stereocenters. The molecule has 0 atom stereocenters. The van der Waals surface area contributed by atoms with Gasteiger partial charge in [-0.25, -0.2) is 0 Å². The minimum Gasteiger partial charge on any atom is -0.399 e. The van der Waals surface area contributed by atoms with Gasteiger partial charge >= 0.3 is 0 Å². The molecule has 68 valence electrons. The van der Waals surface area contributed by atoms with Gasteiger partial charge in [-0.3, -0.25) is 0 Å². The molecule has 1 saturated heterocycles. The van der Waals surface area contributed by atoms with E-state index in [1.54, 1.807) is 0 Å². The van der Waals surface area contributed by atoms with E-state index in [1.165, 1.54) is 0 Å². The Kier molecular flexibility index (Phi) is 2.29. The van der Waals surface area contributed by atoms with Crippen molar-refractivity contribution in [2.45, 2.75) is 6.29 Å². The molecule has 0 spiro atoms. The Bertz CT molecular complexity index is 301. The lowest BCUT2D eigenvalue weighted by atomic mass is 10.2. The molecule has 1 aliphatic heterocycles. The topological polar surface area (TPSA) is 44.5 Å². The second-order valence-corrected chi connectivity index (χ2v) is 2.85. The van der Waals surface area contributed by atoms with Gasteiger partial charge in [-0.1, -0.05) is 18.2 Å². The van der Waals surface area contributed by atoms with Crippen molar-refractivity contribution in [1.29, 1.82) is 0 Å². The lowest BCUT2D eigenvalue weighted by molar-refractivity contribution is -0.295. The Morgan fingerprint density at radius 1 is 1.23 bits per heavy atom. The van der Waals surface area contributed by atoms with Crippen LogP contribution in [0.3, 0.4) is 0 Å². The van der Waals surface area contributed by atoms with Crippen LogP contribution >= 0.6 is 0 Å². The quantitative estimate of drug-likeness (QED) is 0.698. The molecular formula is C10H11NO2. The third-order valence-corrected chi connectivity index (χ3v) is 1.85. The van der Waals surface area contributed by atoms with Crippen LogP contribution in [-0.4, -0.2) is 13.1 Å². The first-order valence-electron chi connectivity index (χ1n) is 4.11. The largest absolute Gasteiger partial charge is 0.399 e. The summed E-state index contributed by atoms with van der Waals surface area (Å²) in [5, 5.41) is 0. The zero-order valence-electron chi connectivity index (χ0n) is 7.14. The lowest BCUT2D eigenvalue weighted by Gasteiger charge is -2.23. The fraction of sp³-hybridized carbons (Fsp3) is 0.200. The minimum atomic E-state index is -0.169. The summed E-state index contributed by atoms with van der Waals surface area (Å²) in [6.45, 7) is 0.400. The predicted molar refractivity (Wildman–Crippen MR) is 50.7 cm³/mol. The molecule has 1 fully saturated rings. The van der Waals surface area contributed by atoms with E-state index in [-0.39, 0.29) is 6.29 Å². The minimum absolute atomic E-state index is 0.169. The van der Waals surface area contributed by atoms with Crippen LogP contribution < -0.4 is 5.73 Å². The smallest absolute Gasteiger partial charge is 0.182 e. The van der Waals surface area contributed by atoms with Gasteiger partial charge in [0.15, 0.2) is 13.1 Å². The van der Waals surface area contributed by atoms with Crippen molar-refractivity contribution in [1.82, 2.24) is 0 Å². The van der Waals surface area contributed by atoms with Crippen LogP contribution in [0.5, 0.6) is 0 Å². The highest BCUT2D eigenvalue weighted by Gasteiger charge is 2.13. The third-order valence-electron chi connectivity index (χ3n) is 1.85. The van der Waals surface area contributed by atoms with Gasteiger partial charge in [0.1, 0.15) is 0 Å². The first-order chi connectivity index (χ1) is 6.34. The van der Waals surface area contributed by atoms with E-state index in [4.69, 9.17) is 15.2 Å². The van der Waals surface area contributed by atoms with E-state index in [0.717, 1.165) is 11.3 Å². The molecule has 1 aliphatic rings. The Hall–Kier alpha value is -1.32. The summed E-state index contributed by atoms with van der Waals surface area (Å²) in [5.74, 6) is 0. The van der Waals surface area contributed by atoms with Crippen LogP contribution in [0.15, 0.2) is 30.3 Å². The molecule has 2 rings (SSSR count). The maximum atomic E-state index is 5.55. The molecular weight excluding hydrogens is 166 g/mol. The number of hydrogen-bond donors (Lipinski definition) is 1. The highest BCUT2D eigenvalue weighted by molar-refractivity contribution is 5.53. The summed E-state index contributed by atoms with van der Waals surface area (Å²) in [5.41, 5.74) is 7.41. The average molecular weight is 177 g/mol. The monoisotopic (exact) mass is 177 g/mol. The molecule has 0 bridgehead atoms. The maximum Gasteiger partial charge on any atom is 0.182 e. The number of rotatable bonds is 2. The Labute approximate surface area is 76.8 Å². The Balaban J connectivity index is 2.00. The summed E-state index contributed by atoms with van der Waals surface area (Å²) in [6, 6.07) is 7.62. The van der Waals surface area contributed by atoms with Gasteiger partial charge in [-0.15, -0.1) is 0 Å². The first-order valence-corrected chi connectivity index (χ1v) is 4.11. The summed E-state index contributed by atoms with van der Waals surface area (Å²) in [4.78, 5) is 0. The molecule has 2 N–H and O–H groups in total. The molecule has 0 amide bonds. The van der Waals surface area contributed by atoms with Crippen molar-refractivity contribution in [2.24, 2.45) is 0 Å². The van der Waals surface area contributed by atoms with Crippen molar-refractivity contribution in [3.05, 3.63) is 35.9 Å². The van der Waals surface area contributed by atoms with Crippen LogP contribution in [0.25, 0.3) is 6.08 Å². The van der Waals surface area contributed by atoms with E-state index in [0.29, 0.717) is 6.79 Å². The van der Waals surface area contributed by atoms with Gasteiger partial charge in [-0.2, -0.15) is 0 Å². The normalized spacial score (nSPS) is 17.5. The number of benzene rings is 1. The standard InChI is InChI=1S/C10H11NO2/c11-9-4-1-8(2-5-9)3-6-10-12-7-13-10/h1-6,10H,7,11H2/b6-3+. The van der Waals surface area contributed by atoms with Crippen LogP contribution in [0, 0.1) is 0 Å². The number of nitrogen functional groups attached to an aromatic ring is 1. The Morgan fingerprint density at radius 2 is 1.92 bits per heavy atom. The van der Waals surface area contributed by atoms with E-state index >= 15 is 0 Å². The number of hydrogen-bond acceptors (Lipinski definition) is 3. The molecule has 0 aliphatic carbocycles. The molecule has 0 aromatic heterocycles. The van der Waals surface area contributed by atoms with Crippen molar-refractivity contribution in [3.63, 3.8) is 0 Å². The van der Waals surface area contributed by atoms with Gasteiger partial charge < -0.3 is 15.2 Å². The first kappa shape index (κ1) is 8.29. The highest BCUT2D eigenvalue weighted by atomic mass is 16.8. The summed E-state index contributed by atoms with van der Waals surface area (Å²) >= 11 is 0. The van der Waals surface area contributed by atoms with E-state index < -0.39 is 0 Å². The molecule has 13 heavy (non-hydrogen) atoms. The third kappa shape index (κ3) is 2.08. The van der Waals surface area contributed by atoms with Crippen LogP contribution in [0.1, 0.15) is 5.56 Å². The van der Waals surface area contributed by atoms with Crippen molar-refractivity contribution in [3.8, 4) is 0 Å². The maximum absolute atomic E-state index is 5.55. The average Bonchev–Trinajstić information content (AvgIpc) is 2.05. The van der Waals surface area contributed by atoms with E-state index in [2.05, 4.69) is 0 Å². The lowest BCUT2D eigenvalue weighted by Crippen LogP contribution is -2.27. The zero-order valence-corrected chi connectivity index (χ0v) is 7.14. The second-order valence-electron chi connectivity index (χ2n) is 2.85. The molecule has 1 aromatic carbocycles. The fourth-order valence-corrected chi connectivity index (χ4v) is 1.05. The summed E-state index contributed by atoms with van der Waals surface area (Å²) in [6.07, 6.45) is 3.65. The Morgan fingerprint density at radius 3 is 2.46 bits per heavy atom. The molecule has 0 radical (unpaired) electrons. The van der Waals surface area contributed by atoms with Crippen molar-refractivity contribution in [2.75, 3.05) is 12.5 Å². The molecule has 3 heteroatoms. The fourth-order valence-electron chi connectivity index (χ4n) is 1.05. The number of nitrogens with two attached hydrogens (primary N) is 1. The van der Waals surface area contributed by atoms with Gasteiger partial charge in [-0.05, 0) is 23.8 Å². The number of anilines is 1. The highest BCUT2D eigenvalue weighted by Crippen LogP contribution is 2.12. The van der Waals surface area contributed by atoms with E-state index in [9.17, 15) is 0 Å². The SMILES string of the molecule is Nc1ccc(/C=C/C2OCO2)cc1. The number of ether oxygens (including phenoxy) is 2. The van der Waals surface area contributed by atoms with E-state index in [1.807, 2.05) is 36.4 Å². The zero-order chi connectivity index (χ0) is 9.10. The van der Waals surface area contributed by atoms with Gasteiger partial charge in [0.25, 0.3) is 0 Å². The van der Waals surface area contributed by atoms with Crippen LogP contribution in [-0.2, 0) is 9.47 Å². The molecule has 1 heterocycles. The summed E-state index contributed by atoms with van der Waals surface area (Å²) in [7, 11) is 0. The van der Waals surface area contributed by atoms with Crippen LogP contribution in [0.2, 0.25) is 0 Å². The van der Waals surface area contributed by atoms with Crippen molar-refractivity contribution >= 4 is 11.8 Å². The predicted octanol–water partition coefficient (Wildman–Crippen LogP) is 1.61. The van der Waals surface area contributed by atoms with Crippen LogP contribution in [0.4, 0.5) is 5.69 Å². The van der Waals surface area contributed by atoms with Gasteiger partial charge in [0.05, 0.1) is 0 Å². The van der Waals surface area contributed by atoms with Gasteiger partial charge in [0.2, 0.25) is 0 Å². The molecule has 0 saturated carbocycles. The van der Waals surface area contributed by atoms with Crippen molar-refractivity contribution < 1.29 is 9.47 Å². The van der Waals surface area contributed by atoms with Gasteiger partial charge in [0, 0.05) is 5.69 Å². The second kappa shape index (κ2) is 3.60. The summed E-state index contributed by atoms with van der Waals surface area (Å²) < 4.78 is 10.1. The molecule has 1 aromatic rings. The molecule has 3 nitrogen and oxygen atoms in total.